The average molecular weight is 822 g/mol. The van der Waals surface area contributed by atoms with Gasteiger partial charge in [-0.1, -0.05) is 66.7 Å². The number of benzene rings is 2. The maximum atomic E-state index is 14.5. The number of allylic oxidation sites excluding steroid dienone is 3. The van der Waals surface area contributed by atoms with Crippen molar-refractivity contribution in [2.75, 3.05) is 42.9 Å². The molecule has 5 bridgehead atoms. The van der Waals surface area contributed by atoms with E-state index in [4.69, 9.17) is 14.2 Å². The minimum absolute atomic E-state index is 0.0316. The third-order valence-electron chi connectivity index (χ3n) is 12.4. The predicted octanol–water partition coefficient (Wildman–Crippen LogP) is 6.15. The van der Waals surface area contributed by atoms with Crippen LogP contribution in [0.3, 0.4) is 0 Å². The fraction of sp³-hybridized carbons (Fsp3) is 0.578. The Balaban J connectivity index is 1.69. The number of amides is 1. The number of esters is 1. The Labute approximate surface area is 347 Å². The minimum Gasteiger partial charge on any atom is -0.507 e. The number of phenolic OH excluding ortho intramolecular Hbond substituents is 3. The molecular formula is C45H63N3O11. The van der Waals surface area contributed by atoms with E-state index < -0.39 is 76.8 Å². The van der Waals surface area contributed by atoms with Gasteiger partial charge in [-0.25, -0.2) is 0 Å². The zero-order chi connectivity index (χ0) is 43.8. The molecule has 6 N–H and O–H groups in total. The molecule has 59 heavy (non-hydrogen) atoms. The number of hydrogen-bond donors (Lipinski definition) is 6. The van der Waals surface area contributed by atoms with E-state index in [2.05, 4.69) is 24.1 Å². The normalized spacial score (nSPS) is 32.0. The highest BCUT2D eigenvalue weighted by Gasteiger charge is 2.50. The number of ether oxygens (including phenoxy) is 3. The van der Waals surface area contributed by atoms with Crippen molar-refractivity contribution in [2.45, 2.75) is 100 Å². The van der Waals surface area contributed by atoms with E-state index in [0.717, 1.165) is 6.54 Å². The Hall–Kier alpha value is -4.79. The van der Waals surface area contributed by atoms with Crippen LogP contribution in [0.15, 0.2) is 36.1 Å². The highest BCUT2D eigenvalue weighted by atomic mass is 16.7. The molecule has 1 saturated heterocycles. The number of Topliss-reactive ketones (excluding diaryl/α,β-unsaturated/α-hetero) is 1. The van der Waals surface area contributed by atoms with Crippen molar-refractivity contribution < 1.29 is 54.1 Å². The van der Waals surface area contributed by atoms with E-state index >= 15 is 0 Å². The summed E-state index contributed by atoms with van der Waals surface area (Å²) >= 11 is 0. The molecule has 14 nitrogen and oxygen atoms in total. The number of piperazine rings is 1. The van der Waals surface area contributed by atoms with E-state index in [1.807, 2.05) is 18.7 Å². The largest absolute Gasteiger partial charge is 0.507 e. The lowest BCUT2D eigenvalue weighted by Gasteiger charge is -2.38. The summed E-state index contributed by atoms with van der Waals surface area (Å²) in [4.78, 5) is 44.8. The number of anilines is 2. The monoisotopic (exact) mass is 821 g/mol. The maximum absolute atomic E-state index is 14.5. The lowest BCUT2D eigenvalue weighted by atomic mass is 9.77. The van der Waals surface area contributed by atoms with E-state index in [1.54, 1.807) is 52.0 Å². The summed E-state index contributed by atoms with van der Waals surface area (Å²) in [6, 6.07) is 0. The number of ketones is 1. The van der Waals surface area contributed by atoms with Gasteiger partial charge in [-0.3, -0.25) is 19.3 Å². The number of phenols is 3. The predicted molar refractivity (Wildman–Crippen MR) is 226 cm³/mol. The second kappa shape index (κ2) is 17.8. The number of aliphatic hydroxyl groups excluding tert-OH is 2. The zero-order valence-corrected chi connectivity index (χ0v) is 36.2. The highest BCUT2D eigenvalue weighted by molar-refractivity contribution is 6.23. The Morgan fingerprint density at radius 2 is 1.54 bits per heavy atom. The van der Waals surface area contributed by atoms with E-state index in [0.29, 0.717) is 32.1 Å². The van der Waals surface area contributed by atoms with Gasteiger partial charge < -0.3 is 50.0 Å². The Morgan fingerprint density at radius 3 is 2.15 bits per heavy atom. The number of nitrogens with one attached hydrogen (secondary N) is 1. The maximum Gasteiger partial charge on any atom is 0.312 e. The first-order valence-corrected chi connectivity index (χ1v) is 20.6. The molecule has 4 heterocycles. The number of fused-ring (bicyclic) bond motifs is 14. The van der Waals surface area contributed by atoms with Gasteiger partial charge in [0.05, 0.1) is 29.4 Å². The van der Waals surface area contributed by atoms with Gasteiger partial charge in [0.1, 0.15) is 34.7 Å². The number of carbonyl (C=O) groups is 3. The van der Waals surface area contributed by atoms with Crippen LogP contribution in [-0.4, -0.2) is 105 Å². The number of aromatic hydroxyl groups is 3. The van der Waals surface area contributed by atoms with Crippen LogP contribution in [0.25, 0.3) is 10.8 Å². The fourth-order valence-corrected chi connectivity index (χ4v) is 8.55. The molecule has 0 saturated carbocycles. The second-order valence-corrected chi connectivity index (χ2v) is 17.4. The van der Waals surface area contributed by atoms with Crippen LogP contribution in [-0.2, 0) is 19.1 Å². The van der Waals surface area contributed by atoms with Crippen LogP contribution in [0.2, 0.25) is 0 Å². The van der Waals surface area contributed by atoms with Gasteiger partial charge >= 0.3 is 11.8 Å². The zero-order valence-electron chi connectivity index (χ0n) is 36.2. The molecule has 0 spiro atoms. The first-order valence-electron chi connectivity index (χ1n) is 20.6. The van der Waals surface area contributed by atoms with E-state index in [9.17, 15) is 39.9 Å². The van der Waals surface area contributed by atoms with Crippen LogP contribution >= 0.6 is 0 Å². The molecule has 0 aliphatic carbocycles. The van der Waals surface area contributed by atoms with Crippen molar-refractivity contribution in [1.29, 1.82) is 0 Å². The van der Waals surface area contributed by atoms with Crippen molar-refractivity contribution in [3.63, 3.8) is 0 Å². The molecular weight excluding hydrogens is 759 g/mol. The fourth-order valence-electron chi connectivity index (χ4n) is 8.55. The molecule has 2 aromatic carbocycles. The Bertz CT molecular complexity index is 2030. The van der Waals surface area contributed by atoms with Crippen molar-refractivity contribution >= 4 is 39.8 Å². The highest BCUT2D eigenvalue weighted by Crippen LogP contribution is 2.57. The van der Waals surface area contributed by atoms with Gasteiger partial charge in [-0.05, 0) is 37.7 Å². The second-order valence-electron chi connectivity index (χ2n) is 17.4. The van der Waals surface area contributed by atoms with Crippen LogP contribution in [0.1, 0.15) is 85.2 Å². The SMILES string of the molecule is CC(=O)O[C@H]1[C@H](C)[C@H](O)[C@H](C)[C@@H](O)[C@@H](C)/C=C/C=C(/C)C(=O)Nc2c(N3CCN(CC(C)C)CC3)c(O)c3c4c(c(C)c(O)c3c2O)O[C@](C)(O/C=C/[C@H](C)[C@H]1C)C4=O. The third-order valence-corrected chi connectivity index (χ3v) is 12.4. The number of aliphatic hydroxyl groups is 2. The lowest BCUT2D eigenvalue weighted by molar-refractivity contribution is -0.158. The number of nitrogens with zero attached hydrogens (tertiary/aromatic N) is 2. The van der Waals surface area contributed by atoms with Crippen molar-refractivity contribution in [3.8, 4) is 23.0 Å². The summed E-state index contributed by atoms with van der Waals surface area (Å²) in [7, 11) is 0. The van der Waals surface area contributed by atoms with Crippen molar-refractivity contribution in [1.82, 2.24) is 4.90 Å². The molecule has 4 aliphatic rings. The molecule has 4 aliphatic heterocycles. The summed E-state index contributed by atoms with van der Waals surface area (Å²) in [5.74, 6) is -7.24. The first kappa shape index (κ1) is 45.3. The molecule has 6 rings (SSSR count). The first-order chi connectivity index (χ1) is 27.6. The molecule has 14 heteroatoms. The van der Waals surface area contributed by atoms with Crippen LogP contribution in [0.4, 0.5) is 11.4 Å². The lowest BCUT2D eigenvalue weighted by Crippen LogP contribution is -2.47. The van der Waals surface area contributed by atoms with Crippen LogP contribution in [0, 0.1) is 42.4 Å². The quantitative estimate of drug-likeness (QED) is 0.117. The molecule has 0 unspecified atom stereocenters. The van der Waals surface area contributed by atoms with Gasteiger partial charge in [0, 0.05) is 80.8 Å². The third kappa shape index (κ3) is 8.90. The molecule has 0 radical (unpaired) electrons. The molecule has 9 atom stereocenters. The number of hydrogen-bond acceptors (Lipinski definition) is 13. The topological polar surface area (TPSA) is 199 Å². The molecule has 0 aromatic heterocycles. The Kier molecular flexibility index (Phi) is 13.7. The van der Waals surface area contributed by atoms with Crippen molar-refractivity contribution in [2.24, 2.45) is 35.5 Å². The van der Waals surface area contributed by atoms with Crippen LogP contribution < -0.4 is 15.0 Å². The van der Waals surface area contributed by atoms with Gasteiger partial charge in [-0.15, -0.1) is 0 Å². The summed E-state index contributed by atoms with van der Waals surface area (Å²) in [5.41, 5.74) is 0.174. The smallest absolute Gasteiger partial charge is 0.312 e. The summed E-state index contributed by atoms with van der Waals surface area (Å²) in [6.45, 7) is 22.0. The van der Waals surface area contributed by atoms with Crippen LogP contribution in [0.5, 0.6) is 23.0 Å². The van der Waals surface area contributed by atoms with Crippen molar-refractivity contribution in [3.05, 3.63) is 47.3 Å². The van der Waals surface area contributed by atoms with Gasteiger partial charge in [0.25, 0.3) is 11.7 Å². The summed E-state index contributed by atoms with van der Waals surface area (Å²) in [6.07, 6.45) is 5.02. The molecule has 324 valence electrons. The molecule has 1 fully saturated rings. The summed E-state index contributed by atoms with van der Waals surface area (Å²) < 4.78 is 18.0. The van der Waals surface area contributed by atoms with Gasteiger partial charge in [0.2, 0.25) is 0 Å². The van der Waals surface area contributed by atoms with E-state index in [-0.39, 0.29) is 56.4 Å². The van der Waals surface area contributed by atoms with Gasteiger partial charge in [0.15, 0.2) is 5.75 Å². The molecule has 1 amide bonds. The number of rotatable bonds is 4. The molecule has 2 aromatic rings. The number of carbonyl (C=O) groups excluding carboxylic acids is 3. The minimum atomic E-state index is -1.96. The van der Waals surface area contributed by atoms with E-state index in [1.165, 1.54) is 27.0 Å². The van der Waals surface area contributed by atoms with Gasteiger partial charge in [-0.2, -0.15) is 0 Å². The standard InChI is InChI=1S/C45H63N3O11/c1-22(2)21-47-16-18-48(19-17-47)35-34-39(53)32-31(40(35)54)33-42(29(9)38(32)52)59-45(11,43(33)55)57-20-15-23(3)26(6)41(58-30(10)49)28(8)37(51)27(7)36(50)24(4)13-12-14-25(5)44(56)46-34/h12-15,20,22-24,26-28,36-37,41,50-54H,16-19,21H2,1-11H3,(H,46,56)/b13-12+,20-15+,25-14-/t23-,24-,26+,27+,28+,36-,37+,41+,45-/m0/s1. The summed E-state index contributed by atoms with van der Waals surface area (Å²) in [5, 5.41) is 61.3. The Morgan fingerprint density at radius 1 is 0.898 bits per heavy atom. The average Bonchev–Trinajstić information content (AvgIpc) is 3.44.